The molecule has 1 saturated carbocycles. The zero-order chi connectivity index (χ0) is 16.2. The molecule has 3 rings (SSSR count). The molecule has 23 heavy (non-hydrogen) atoms. The Morgan fingerprint density at radius 2 is 2.00 bits per heavy atom. The third-order valence-corrected chi connectivity index (χ3v) is 6.04. The molecule has 2 heterocycles. The molecule has 1 aromatic heterocycles. The van der Waals surface area contributed by atoms with Gasteiger partial charge in [0, 0.05) is 24.0 Å². The molecule has 4 nitrogen and oxygen atoms in total. The van der Waals surface area contributed by atoms with Crippen LogP contribution in [0.25, 0.3) is 0 Å². The molecule has 0 unspecified atom stereocenters. The molecule has 2 aliphatic rings. The van der Waals surface area contributed by atoms with E-state index in [1.807, 2.05) is 24.0 Å². The summed E-state index contributed by atoms with van der Waals surface area (Å²) in [5, 5.41) is 3.08. The van der Waals surface area contributed by atoms with Crippen LogP contribution in [0.4, 0.5) is 0 Å². The molecule has 2 atom stereocenters. The third kappa shape index (κ3) is 3.77. The van der Waals surface area contributed by atoms with Gasteiger partial charge in [-0.05, 0) is 44.7 Å². The van der Waals surface area contributed by atoms with Crippen molar-refractivity contribution in [3.8, 4) is 0 Å². The maximum absolute atomic E-state index is 13.0. The number of amides is 2. The van der Waals surface area contributed by atoms with Gasteiger partial charge in [0.25, 0.3) is 5.91 Å². The van der Waals surface area contributed by atoms with Crippen LogP contribution in [0.1, 0.15) is 59.5 Å². The van der Waals surface area contributed by atoms with Gasteiger partial charge in [-0.1, -0.05) is 19.3 Å². The number of hydrogen-bond donors (Lipinski definition) is 1. The molecular formula is C18H26N2O2S. The second-order valence-electron chi connectivity index (χ2n) is 6.72. The lowest BCUT2D eigenvalue weighted by molar-refractivity contribution is -0.126. The molecule has 2 fully saturated rings. The molecule has 5 heteroatoms. The molecule has 0 bridgehead atoms. The lowest BCUT2D eigenvalue weighted by atomic mass is 10.00. The van der Waals surface area contributed by atoms with Gasteiger partial charge in [-0.25, -0.2) is 0 Å². The second kappa shape index (κ2) is 7.47. The van der Waals surface area contributed by atoms with Gasteiger partial charge in [-0.2, -0.15) is 0 Å². The van der Waals surface area contributed by atoms with Crippen LogP contribution < -0.4 is 5.32 Å². The van der Waals surface area contributed by atoms with Gasteiger partial charge in [0.05, 0.1) is 10.8 Å². The van der Waals surface area contributed by atoms with Gasteiger partial charge >= 0.3 is 0 Å². The molecule has 0 aromatic carbocycles. The smallest absolute Gasteiger partial charge is 0.264 e. The molecule has 0 spiro atoms. The van der Waals surface area contributed by atoms with E-state index < -0.39 is 0 Å². The van der Waals surface area contributed by atoms with Crippen LogP contribution >= 0.6 is 11.3 Å². The Hall–Kier alpha value is -1.36. The first kappa shape index (κ1) is 16.5. The summed E-state index contributed by atoms with van der Waals surface area (Å²) in [6, 6.07) is 4.00. The minimum atomic E-state index is -0.0295. The molecule has 1 aromatic rings. The van der Waals surface area contributed by atoms with Crippen LogP contribution in [0.5, 0.6) is 0 Å². The summed E-state index contributed by atoms with van der Waals surface area (Å²) in [6.45, 7) is 3.59. The fraction of sp³-hybridized carbons (Fsp3) is 0.667. The quantitative estimate of drug-likeness (QED) is 0.856. The number of aryl methyl sites for hydroxylation is 1. The van der Waals surface area contributed by atoms with E-state index in [0.29, 0.717) is 0 Å². The maximum Gasteiger partial charge on any atom is 0.264 e. The van der Waals surface area contributed by atoms with Gasteiger partial charge in [0.15, 0.2) is 0 Å². The number of carbonyl (C=O) groups is 2. The van der Waals surface area contributed by atoms with Crippen molar-refractivity contribution in [2.24, 2.45) is 5.92 Å². The number of thiophene rings is 1. The van der Waals surface area contributed by atoms with E-state index in [9.17, 15) is 9.59 Å². The van der Waals surface area contributed by atoms with Crippen molar-refractivity contribution >= 4 is 23.2 Å². The summed E-state index contributed by atoms with van der Waals surface area (Å²) in [5.41, 5.74) is 0. The SMILES string of the molecule is Cc1ccc(C(=O)N2CCCCCCNC(=O)[C@@H]3CCC[C@@H]32)s1. The summed E-state index contributed by atoms with van der Waals surface area (Å²) >= 11 is 1.56. The van der Waals surface area contributed by atoms with Crippen LogP contribution in [-0.2, 0) is 4.79 Å². The fourth-order valence-electron chi connectivity index (χ4n) is 3.83. The number of carbonyl (C=O) groups excluding carboxylic acids is 2. The first-order chi connectivity index (χ1) is 11.2. The maximum atomic E-state index is 13.0. The van der Waals surface area contributed by atoms with Crippen molar-refractivity contribution in [3.63, 3.8) is 0 Å². The standard InChI is InChI=1S/C18H26N2O2S/c1-13-9-10-16(23-13)18(22)20-12-5-3-2-4-11-19-17(21)14-7-6-8-15(14)20/h9-10,14-15H,2-8,11-12H2,1H3,(H,19,21)/t14-,15+/m1/s1. The Morgan fingerprint density at radius 1 is 1.17 bits per heavy atom. The fourth-order valence-corrected chi connectivity index (χ4v) is 4.66. The lowest BCUT2D eigenvalue weighted by Crippen LogP contribution is -2.47. The van der Waals surface area contributed by atoms with Gasteiger partial charge in [-0.3, -0.25) is 9.59 Å². The van der Waals surface area contributed by atoms with E-state index in [4.69, 9.17) is 0 Å². The van der Waals surface area contributed by atoms with Gasteiger partial charge in [0.2, 0.25) is 5.91 Å². The van der Waals surface area contributed by atoms with Gasteiger partial charge in [0.1, 0.15) is 0 Å². The van der Waals surface area contributed by atoms with Crippen molar-refractivity contribution in [3.05, 3.63) is 21.9 Å². The Kier molecular flexibility index (Phi) is 5.36. The number of nitrogens with zero attached hydrogens (tertiary/aromatic N) is 1. The highest BCUT2D eigenvalue weighted by molar-refractivity contribution is 7.13. The van der Waals surface area contributed by atoms with E-state index in [2.05, 4.69) is 5.32 Å². The average molecular weight is 334 g/mol. The van der Waals surface area contributed by atoms with Crippen molar-refractivity contribution in [2.75, 3.05) is 13.1 Å². The van der Waals surface area contributed by atoms with E-state index in [0.717, 1.165) is 67.8 Å². The Bertz CT molecular complexity index is 569. The summed E-state index contributed by atoms with van der Waals surface area (Å²) in [4.78, 5) is 29.5. The summed E-state index contributed by atoms with van der Waals surface area (Å²) in [5.74, 6) is 0.236. The topological polar surface area (TPSA) is 49.4 Å². The van der Waals surface area contributed by atoms with Crippen molar-refractivity contribution < 1.29 is 9.59 Å². The molecule has 1 N–H and O–H groups in total. The Morgan fingerprint density at radius 3 is 2.78 bits per heavy atom. The summed E-state index contributed by atoms with van der Waals surface area (Å²) in [6.07, 6.45) is 7.22. The number of nitrogens with one attached hydrogen (secondary N) is 1. The van der Waals surface area contributed by atoms with E-state index in [1.165, 1.54) is 0 Å². The van der Waals surface area contributed by atoms with Gasteiger partial charge < -0.3 is 10.2 Å². The zero-order valence-corrected chi connectivity index (χ0v) is 14.7. The van der Waals surface area contributed by atoms with Crippen LogP contribution in [0, 0.1) is 12.8 Å². The summed E-state index contributed by atoms with van der Waals surface area (Å²) in [7, 11) is 0. The number of rotatable bonds is 1. The van der Waals surface area contributed by atoms with Crippen molar-refractivity contribution in [1.82, 2.24) is 10.2 Å². The normalized spacial score (nSPS) is 26.3. The number of hydrogen-bond acceptors (Lipinski definition) is 3. The van der Waals surface area contributed by atoms with Crippen molar-refractivity contribution in [2.45, 2.75) is 57.9 Å². The predicted molar refractivity (Wildman–Crippen MR) is 92.7 cm³/mol. The molecule has 1 saturated heterocycles. The zero-order valence-electron chi connectivity index (χ0n) is 13.8. The first-order valence-electron chi connectivity index (χ1n) is 8.82. The van der Waals surface area contributed by atoms with E-state index >= 15 is 0 Å². The highest BCUT2D eigenvalue weighted by Crippen LogP contribution is 2.32. The molecule has 1 aliphatic carbocycles. The second-order valence-corrected chi connectivity index (χ2v) is 8.01. The monoisotopic (exact) mass is 334 g/mol. The third-order valence-electron chi connectivity index (χ3n) is 5.05. The molecular weight excluding hydrogens is 308 g/mol. The van der Waals surface area contributed by atoms with Crippen LogP contribution in [0.2, 0.25) is 0 Å². The van der Waals surface area contributed by atoms with E-state index in [-0.39, 0.29) is 23.8 Å². The Labute approximate surface area is 142 Å². The highest BCUT2D eigenvalue weighted by Gasteiger charge is 2.39. The molecule has 2 amide bonds. The highest BCUT2D eigenvalue weighted by atomic mass is 32.1. The van der Waals surface area contributed by atoms with E-state index in [1.54, 1.807) is 11.3 Å². The molecule has 126 valence electrons. The molecule has 0 radical (unpaired) electrons. The first-order valence-corrected chi connectivity index (χ1v) is 9.63. The predicted octanol–water partition coefficient (Wildman–Crippen LogP) is 3.36. The minimum absolute atomic E-state index is 0.0295. The largest absolute Gasteiger partial charge is 0.356 e. The lowest BCUT2D eigenvalue weighted by Gasteiger charge is -2.32. The molecule has 1 aliphatic heterocycles. The van der Waals surface area contributed by atoms with Crippen LogP contribution in [0.3, 0.4) is 0 Å². The van der Waals surface area contributed by atoms with Crippen molar-refractivity contribution in [1.29, 1.82) is 0 Å². The van der Waals surface area contributed by atoms with Crippen LogP contribution in [0.15, 0.2) is 12.1 Å². The Balaban J connectivity index is 1.83. The minimum Gasteiger partial charge on any atom is -0.356 e. The van der Waals surface area contributed by atoms with Gasteiger partial charge in [-0.15, -0.1) is 11.3 Å². The average Bonchev–Trinajstić information content (AvgIpc) is 3.17. The summed E-state index contributed by atoms with van der Waals surface area (Å²) < 4.78 is 0. The number of fused-ring (bicyclic) bond motifs is 1. The van der Waals surface area contributed by atoms with Crippen LogP contribution in [-0.4, -0.2) is 35.8 Å².